The molecule has 0 fully saturated rings. The molecule has 0 aliphatic heterocycles. The third-order valence-corrected chi connectivity index (χ3v) is 4.53. The summed E-state index contributed by atoms with van der Waals surface area (Å²) >= 11 is 1.80. The lowest BCUT2D eigenvalue weighted by atomic mass is 10.2. The maximum Gasteiger partial charge on any atom is 0.251 e. The minimum Gasteiger partial charge on any atom is -0.352 e. The van der Waals surface area contributed by atoms with Crippen LogP contribution in [0, 0.1) is 0 Å². The molecule has 0 unspecified atom stereocenters. The quantitative estimate of drug-likeness (QED) is 0.531. The lowest BCUT2D eigenvalue weighted by Crippen LogP contribution is -2.24. The van der Waals surface area contributed by atoms with Crippen LogP contribution in [0.5, 0.6) is 0 Å². The molecule has 3 rings (SSSR count). The van der Waals surface area contributed by atoms with Gasteiger partial charge in [0.2, 0.25) is 0 Å². The first kappa shape index (κ1) is 16.3. The molecule has 5 nitrogen and oxygen atoms in total. The predicted molar refractivity (Wildman–Crippen MR) is 95.5 cm³/mol. The van der Waals surface area contributed by atoms with Crippen molar-refractivity contribution in [2.75, 3.05) is 12.3 Å². The van der Waals surface area contributed by atoms with Crippen LogP contribution in [-0.2, 0) is 0 Å². The molecular formula is C18H18N4OS. The summed E-state index contributed by atoms with van der Waals surface area (Å²) in [5, 5.41) is 7.01. The molecule has 24 heavy (non-hydrogen) atoms. The maximum absolute atomic E-state index is 12.1. The topological polar surface area (TPSA) is 59.8 Å². The minimum atomic E-state index is -0.0511. The summed E-state index contributed by atoms with van der Waals surface area (Å²) in [5.74, 6) is 0.931. The molecule has 122 valence electrons. The monoisotopic (exact) mass is 338 g/mol. The number of rotatable bonds is 7. The Labute approximate surface area is 145 Å². The largest absolute Gasteiger partial charge is 0.352 e. The van der Waals surface area contributed by atoms with E-state index in [1.807, 2.05) is 30.3 Å². The van der Waals surface area contributed by atoms with Gasteiger partial charge in [0.15, 0.2) is 0 Å². The molecule has 6 heteroatoms. The lowest BCUT2D eigenvalue weighted by Gasteiger charge is -2.06. The molecule has 3 aromatic rings. The van der Waals surface area contributed by atoms with Gasteiger partial charge in [0.05, 0.1) is 5.69 Å². The van der Waals surface area contributed by atoms with Gasteiger partial charge >= 0.3 is 0 Å². The van der Waals surface area contributed by atoms with Crippen LogP contribution in [0.4, 0.5) is 0 Å². The van der Waals surface area contributed by atoms with Crippen molar-refractivity contribution in [2.24, 2.45) is 0 Å². The highest BCUT2D eigenvalue weighted by atomic mass is 32.2. The summed E-state index contributed by atoms with van der Waals surface area (Å²) in [5.41, 5.74) is 1.53. The van der Waals surface area contributed by atoms with E-state index in [9.17, 15) is 4.79 Å². The van der Waals surface area contributed by atoms with Gasteiger partial charge in [-0.1, -0.05) is 18.2 Å². The van der Waals surface area contributed by atoms with Gasteiger partial charge in [-0.05, 0) is 48.6 Å². The number of thioether (sulfide) groups is 1. The molecule has 0 bridgehead atoms. The maximum atomic E-state index is 12.1. The number of nitrogens with one attached hydrogen (secondary N) is 1. The molecule has 1 amide bonds. The lowest BCUT2D eigenvalue weighted by molar-refractivity contribution is 0.0954. The number of aromatic nitrogens is 3. The van der Waals surface area contributed by atoms with Gasteiger partial charge in [-0.2, -0.15) is 5.10 Å². The zero-order chi connectivity index (χ0) is 16.6. The molecule has 2 aromatic carbocycles. The fourth-order valence-corrected chi connectivity index (χ4v) is 3.06. The van der Waals surface area contributed by atoms with Crippen LogP contribution in [0.25, 0.3) is 5.69 Å². The Hall–Kier alpha value is -2.60. The van der Waals surface area contributed by atoms with E-state index in [0.29, 0.717) is 12.1 Å². The highest BCUT2D eigenvalue weighted by molar-refractivity contribution is 7.99. The van der Waals surface area contributed by atoms with Gasteiger partial charge in [0.1, 0.15) is 12.7 Å². The SMILES string of the molecule is O=C(NCCCSc1ccccc1)c1ccc(-n2cncn2)cc1. The van der Waals surface area contributed by atoms with Crippen LogP contribution in [0.2, 0.25) is 0 Å². The normalized spacial score (nSPS) is 10.5. The van der Waals surface area contributed by atoms with Crippen LogP contribution in [-0.4, -0.2) is 33.0 Å². The molecule has 1 N–H and O–H groups in total. The molecule has 0 radical (unpaired) electrons. The van der Waals surface area contributed by atoms with Crippen molar-refractivity contribution in [3.05, 3.63) is 72.8 Å². The number of hydrogen-bond donors (Lipinski definition) is 1. The van der Waals surface area contributed by atoms with Crippen molar-refractivity contribution in [3.8, 4) is 5.69 Å². The Morgan fingerprint density at radius 1 is 1.08 bits per heavy atom. The predicted octanol–water partition coefficient (Wildman–Crippen LogP) is 3.18. The Balaban J connectivity index is 1.42. The third kappa shape index (κ3) is 4.45. The average molecular weight is 338 g/mol. The molecule has 0 saturated carbocycles. The number of hydrogen-bond acceptors (Lipinski definition) is 4. The van der Waals surface area contributed by atoms with Crippen molar-refractivity contribution >= 4 is 17.7 Å². The van der Waals surface area contributed by atoms with Gasteiger partial charge in [-0.15, -0.1) is 11.8 Å². The number of nitrogens with zero attached hydrogens (tertiary/aromatic N) is 3. The first-order chi connectivity index (χ1) is 11.8. The van der Waals surface area contributed by atoms with Gasteiger partial charge in [0, 0.05) is 17.0 Å². The zero-order valence-electron chi connectivity index (χ0n) is 13.1. The minimum absolute atomic E-state index is 0.0511. The first-order valence-corrected chi connectivity index (χ1v) is 8.72. The third-order valence-electron chi connectivity index (χ3n) is 3.43. The van der Waals surface area contributed by atoms with E-state index in [1.54, 1.807) is 34.9 Å². The van der Waals surface area contributed by atoms with Crippen LogP contribution in [0.1, 0.15) is 16.8 Å². The summed E-state index contributed by atoms with van der Waals surface area (Å²) < 4.78 is 1.66. The highest BCUT2D eigenvalue weighted by Gasteiger charge is 2.05. The first-order valence-electron chi connectivity index (χ1n) is 7.74. The van der Waals surface area contributed by atoms with E-state index in [2.05, 4.69) is 27.5 Å². The van der Waals surface area contributed by atoms with E-state index < -0.39 is 0 Å². The zero-order valence-corrected chi connectivity index (χ0v) is 13.9. The number of carbonyl (C=O) groups is 1. The van der Waals surface area contributed by atoms with E-state index in [-0.39, 0.29) is 5.91 Å². The van der Waals surface area contributed by atoms with Crippen LogP contribution in [0.3, 0.4) is 0 Å². The summed E-state index contributed by atoms with van der Waals surface area (Å²) in [6.07, 6.45) is 4.04. The summed E-state index contributed by atoms with van der Waals surface area (Å²) in [7, 11) is 0. The van der Waals surface area contributed by atoms with Crippen LogP contribution < -0.4 is 5.32 Å². The number of amides is 1. The second-order valence-corrected chi connectivity index (χ2v) is 6.33. The van der Waals surface area contributed by atoms with E-state index >= 15 is 0 Å². The number of benzene rings is 2. The molecule has 0 aliphatic rings. The molecule has 0 aliphatic carbocycles. The van der Waals surface area contributed by atoms with Crippen molar-refractivity contribution in [1.82, 2.24) is 20.1 Å². The smallest absolute Gasteiger partial charge is 0.251 e. The van der Waals surface area contributed by atoms with Gasteiger partial charge in [-0.25, -0.2) is 9.67 Å². The fourth-order valence-electron chi connectivity index (χ4n) is 2.19. The second kappa shape index (κ2) is 8.31. The Kier molecular flexibility index (Phi) is 5.63. The van der Waals surface area contributed by atoms with Crippen molar-refractivity contribution in [3.63, 3.8) is 0 Å². The molecule has 0 spiro atoms. The van der Waals surface area contributed by atoms with Gasteiger partial charge < -0.3 is 5.32 Å². The van der Waals surface area contributed by atoms with Gasteiger partial charge in [-0.3, -0.25) is 4.79 Å². The highest BCUT2D eigenvalue weighted by Crippen LogP contribution is 2.17. The molecular weight excluding hydrogens is 320 g/mol. The fraction of sp³-hybridized carbons (Fsp3) is 0.167. The second-order valence-electron chi connectivity index (χ2n) is 5.16. The van der Waals surface area contributed by atoms with E-state index in [1.165, 1.54) is 11.2 Å². The molecule has 1 aromatic heterocycles. The Bertz CT molecular complexity index is 757. The van der Waals surface area contributed by atoms with Crippen LogP contribution in [0.15, 0.2) is 72.1 Å². The van der Waals surface area contributed by atoms with Crippen molar-refractivity contribution in [1.29, 1.82) is 0 Å². The molecule has 1 heterocycles. The summed E-state index contributed by atoms with van der Waals surface area (Å²) in [4.78, 5) is 17.3. The van der Waals surface area contributed by atoms with Crippen molar-refractivity contribution < 1.29 is 4.79 Å². The Morgan fingerprint density at radius 2 is 1.88 bits per heavy atom. The standard InChI is InChI=1S/C18H18N4OS/c23-18(20-11-4-12-24-17-5-2-1-3-6-17)15-7-9-16(10-8-15)22-14-19-13-21-22/h1-3,5-10,13-14H,4,11-12H2,(H,20,23). The average Bonchev–Trinajstić information content (AvgIpc) is 3.17. The number of carbonyl (C=O) groups excluding carboxylic acids is 1. The van der Waals surface area contributed by atoms with Crippen molar-refractivity contribution in [2.45, 2.75) is 11.3 Å². The van der Waals surface area contributed by atoms with E-state index in [4.69, 9.17) is 0 Å². The van der Waals surface area contributed by atoms with E-state index in [0.717, 1.165) is 17.9 Å². The molecule has 0 atom stereocenters. The van der Waals surface area contributed by atoms with Crippen LogP contribution >= 0.6 is 11.8 Å². The summed E-state index contributed by atoms with van der Waals surface area (Å²) in [6.45, 7) is 0.670. The van der Waals surface area contributed by atoms with Gasteiger partial charge in [0.25, 0.3) is 5.91 Å². The summed E-state index contributed by atoms with van der Waals surface area (Å²) in [6, 6.07) is 17.6. The Morgan fingerprint density at radius 3 is 2.58 bits per heavy atom. The molecule has 0 saturated heterocycles.